The van der Waals surface area contributed by atoms with Gasteiger partial charge in [-0.25, -0.2) is 9.37 Å². The number of nitrogens with zero attached hydrogens (tertiary/aromatic N) is 3. The maximum atomic E-state index is 14.4. The Balaban J connectivity index is 1.39. The van der Waals surface area contributed by atoms with Crippen LogP contribution in [-0.2, 0) is 6.54 Å². The third-order valence-electron chi connectivity index (χ3n) is 4.57. The van der Waals surface area contributed by atoms with Crippen molar-refractivity contribution in [3.05, 3.63) is 60.1 Å². The van der Waals surface area contributed by atoms with Crippen LogP contribution in [0.25, 0.3) is 11.5 Å². The number of oxazole rings is 1. The van der Waals surface area contributed by atoms with E-state index in [1.54, 1.807) is 12.4 Å². The molecule has 5 nitrogen and oxygen atoms in total. The van der Waals surface area contributed by atoms with Crippen molar-refractivity contribution in [1.82, 2.24) is 15.0 Å². The molecule has 3 aromatic rings. The molecule has 0 spiro atoms. The number of hydrogen-bond acceptors (Lipinski definition) is 5. The number of halogens is 1. The van der Waals surface area contributed by atoms with Crippen molar-refractivity contribution in [1.29, 1.82) is 0 Å². The van der Waals surface area contributed by atoms with E-state index in [1.165, 1.54) is 12.3 Å². The van der Waals surface area contributed by atoms with E-state index >= 15 is 0 Å². The Morgan fingerprint density at radius 2 is 2.04 bits per heavy atom. The van der Waals surface area contributed by atoms with Crippen molar-refractivity contribution in [2.45, 2.75) is 25.3 Å². The molecule has 24 heavy (non-hydrogen) atoms. The number of hydrogen-bond donors (Lipinski definition) is 0. The van der Waals surface area contributed by atoms with Crippen molar-refractivity contribution in [3.8, 4) is 11.5 Å². The first-order valence-corrected chi connectivity index (χ1v) is 8.11. The minimum absolute atomic E-state index is 0.219. The Morgan fingerprint density at radius 1 is 1.17 bits per heavy atom. The van der Waals surface area contributed by atoms with E-state index in [4.69, 9.17) is 8.94 Å². The van der Waals surface area contributed by atoms with Gasteiger partial charge in [0.15, 0.2) is 0 Å². The number of aromatic nitrogens is 2. The largest absolute Gasteiger partial charge is 0.445 e. The average molecular weight is 327 g/mol. The van der Waals surface area contributed by atoms with Crippen LogP contribution in [-0.4, -0.2) is 28.1 Å². The summed E-state index contributed by atoms with van der Waals surface area (Å²) < 4.78 is 24.8. The third kappa shape index (κ3) is 3.10. The van der Waals surface area contributed by atoms with Crippen molar-refractivity contribution >= 4 is 0 Å². The van der Waals surface area contributed by atoms with E-state index in [2.05, 4.69) is 15.0 Å². The second kappa shape index (κ2) is 6.57. The SMILES string of the molecule is Fc1cc(-c2ncco2)ccc1CN1CCC(c2ccno2)CC1. The Hall–Kier alpha value is -2.47. The van der Waals surface area contributed by atoms with Crippen LogP contribution in [0.1, 0.15) is 30.1 Å². The lowest BCUT2D eigenvalue weighted by atomic mass is 9.94. The molecule has 0 radical (unpaired) electrons. The van der Waals surface area contributed by atoms with Crippen LogP contribution in [0.4, 0.5) is 4.39 Å². The molecule has 3 heterocycles. The fourth-order valence-corrected chi connectivity index (χ4v) is 3.23. The summed E-state index contributed by atoms with van der Waals surface area (Å²) >= 11 is 0. The van der Waals surface area contributed by atoms with Crippen LogP contribution >= 0.6 is 0 Å². The molecule has 1 fully saturated rings. The van der Waals surface area contributed by atoms with Gasteiger partial charge in [-0.15, -0.1) is 0 Å². The van der Waals surface area contributed by atoms with E-state index in [1.807, 2.05) is 18.2 Å². The van der Waals surface area contributed by atoms with E-state index in [0.717, 1.165) is 31.7 Å². The zero-order chi connectivity index (χ0) is 16.4. The Labute approximate surface area is 139 Å². The molecule has 2 aromatic heterocycles. The van der Waals surface area contributed by atoms with Gasteiger partial charge in [-0.1, -0.05) is 11.2 Å². The smallest absolute Gasteiger partial charge is 0.225 e. The van der Waals surface area contributed by atoms with E-state index in [0.29, 0.717) is 29.5 Å². The summed E-state index contributed by atoms with van der Waals surface area (Å²) in [5.41, 5.74) is 1.36. The van der Waals surface area contributed by atoms with Crippen molar-refractivity contribution in [3.63, 3.8) is 0 Å². The maximum absolute atomic E-state index is 14.4. The molecule has 0 atom stereocenters. The molecule has 0 N–H and O–H groups in total. The normalized spacial score (nSPS) is 16.5. The van der Waals surface area contributed by atoms with Crippen LogP contribution in [0.3, 0.4) is 0 Å². The Morgan fingerprint density at radius 3 is 2.71 bits per heavy atom. The lowest BCUT2D eigenvalue weighted by Gasteiger charge is -2.30. The molecular weight excluding hydrogens is 309 g/mol. The molecule has 4 rings (SSSR count). The zero-order valence-corrected chi connectivity index (χ0v) is 13.2. The summed E-state index contributed by atoms with van der Waals surface area (Å²) in [6.07, 6.45) is 6.74. The summed E-state index contributed by atoms with van der Waals surface area (Å²) in [7, 11) is 0. The second-order valence-corrected chi connectivity index (χ2v) is 6.11. The van der Waals surface area contributed by atoms with Gasteiger partial charge in [0.05, 0.1) is 12.4 Å². The highest BCUT2D eigenvalue weighted by Gasteiger charge is 2.23. The highest BCUT2D eigenvalue weighted by atomic mass is 19.1. The van der Waals surface area contributed by atoms with Gasteiger partial charge < -0.3 is 8.94 Å². The van der Waals surface area contributed by atoms with E-state index in [9.17, 15) is 4.39 Å². The predicted molar refractivity (Wildman–Crippen MR) is 85.7 cm³/mol. The molecule has 0 saturated carbocycles. The van der Waals surface area contributed by atoms with Gasteiger partial charge in [-0.05, 0) is 38.1 Å². The van der Waals surface area contributed by atoms with Gasteiger partial charge in [0.2, 0.25) is 5.89 Å². The fourth-order valence-electron chi connectivity index (χ4n) is 3.23. The maximum Gasteiger partial charge on any atom is 0.225 e. The lowest BCUT2D eigenvalue weighted by molar-refractivity contribution is 0.188. The average Bonchev–Trinajstić information content (AvgIpc) is 3.31. The molecule has 6 heteroatoms. The topological polar surface area (TPSA) is 55.3 Å². The first kappa shape index (κ1) is 15.1. The summed E-state index contributed by atoms with van der Waals surface area (Å²) in [6.45, 7) is 2.46. The van der Waals surface area contributed by atoms with Gasteiger partial charge in [-0.3, -0.25) is 4.90 Å². The summed E-state index contributed by atoms with van der Waals surface area (Å²) in [5, 5.41) is 3.77. The second-order valence-electron chi connectivity index (χ2n) is 6.11. The van der Waals surface area contributed by atoms with Gasteiger partial charge in [-0.2, -0.15) is 0 Å². The molecule has 0 unspecified atom stereocenters. The summed E-state index contributed by atoms with van der Waals surface area (Å²) in [6, 6.07) is 7.09. The van der Waals surface area contributed by atoms with Crippen LogP contribution in [0, 0.1) is 5.82 Å². The lowest BCUT2D eigenvalue weighted by Crippen LogP contribution is -2.32. The molecule has 1 aliphatic heterocycles. The van der Waals surface area contributed by atoms with Gasteiger partial charge in [0.25, 0.3) is 0 Å². The predicted octanol–water partition coefficient (Wildman–Crippen LogP) is 3.85. The van der Waals surface area contributed by atoms with Crippen LogP contribution in [0.15, 0.2) is 51.9 Å². The molecule has 1 aromatic carbocycles. The molecule has 0 amide bonds. The quantitative estimate of drug-likeness (QED) is 0.728. The Kier molecular flexibility index (Phi) is 4.13. The first-order valence-electron chi connectivity index (χ1n) is 8.11. The van der Waals surface area contributed by atoms with E-state index in [-0.39, 0.29) is 5.82 Å². The molecule has 0 aliphatic carbocycles. The molecular formula is C18H18FN3O2. The molecule has 1 aliphatic rings. The zero-order valence-electron chi connectivity index (χ0n) is 13.2. The van der Waals surface area contributed by atoms with Crippen LogP contribution in [0.2, 0.25) is 0 Å². The summed E-state index contributed by atoms with van der Waals surface area (Å²) in [4.78, 5) is 6.32. The third-order valence-corrected chi connectivity index (χ3v) is 4.57. The first-order chi connectivity index (χ1) is 11.8. The monoisotopic (exact) mass is 327 g/mol. The van der Waals surface area contributed by atoms with Crippen LogP contribution < -0.4 is 0 Å². The molecule has 1 saturated heterocycles. The minimum atomic E-state index is -0.219. The molecule has 0 bridgehead atoms. The highest BCUT2D eigenvalue weighted by molar-refractivity contribution is 5.53. The standard InChI is InChI=1S/C18H18FN3O2/c19-16-11-14(18-20-7-10-23-18)1-2-15(16)12-22-8-4-13(5-9-22)17-3-6-21-24-17/h1-3,6-7,10-11,13H,4-5,8-9,12H2. The van der Waals surface area contributed by atoms with Crippen LogP contribution in [0.5, 0.6) is 0 Å². The van der Waals surface area contributed by atoms with Gasteiger partial charge in [0, 0.05) is 29.7 Å². The van der Waals surface area contributed by atoms with Crippen molar-refractivity contribution in [2.24, 2.45) is 0 Å². The van der Waals surface area contributed by atoms with Crippen molar-refractivity contribution in [2.75, 3.05) is 13.1 Å². The molecule has 124 valence electrons. The Bertz CT molecular complexity index is 779. The highest BCUT2D eigenvalue weighted by Crippen LogP contribution is 2.29. The van der Waals surface area contributed by atoms with Gasteiger partial charge >= 0.3 is 0 Å². The number of benzene rings is 1. The number of likely N-dealkylation sites (tertiary alicyclic amines) is 1. The summed E-state index contributed by atoms with van der Waals surface area (Å²) in [5.74, 6) is 1.59. The number of rotatable bonds is 4. The number of piperidine rings is 1. The van der Waals surface area contributed by atoms with Crippen molar-refractivity contribution < 1.29 is 13.3 Å². The fraction of sp³-hybridized carbons (Fsp3) is 0.333. The minimum Gasteiger partial charge on any atom is -0.445 e. The van der Waals surface area contributed by atoms with Gasteiger partial charge in [0.1, 0.15) is 17.8 Å². The van der Waals surface area contributed by atoms with E-state index < -0.39 is 0 Å².